The van der Waals surface area contributed by atoms with E-state index in [4.69, 9.17) is 4.74 Å². The van der Waals surface area contributed by atoms with Gasteiger partial charge in [-0.15, -0.1) is 0 Å². The summed E-state index contributed by atoms with van der Waals surface area (Å²) in [5.74, 6) is -1.42. The maximum absolute atomic E-state index is 11.6. The van der Waals surface area contributed by atoms with Gasteiger partial charge in [-0.3, -0.25) is 9.59 Å². The molecule has 114 valence electrons. The first-order valence-corrected chi connectivity index (χ1v) is 6.99. The highest BCUT2D eigenvalue weighted by molar-refractivity contribution is 6.35. The van der Waals surface area contributed by atoms with Crippen molar-refractivity contribution in [1.29, 1.82) is 0 Å². The number of nitrogens with one attached hydrogen (secondary N) is 2. The minimum absolute atomic E-state index is 0.0257. The molecule has 1 unspecified atom stereocenters. The monoisotopic (exact) mass is 292 g/mol. The average molecular weight is 292 g/mol. The van der Waals surface area contributed by atoms with Crippen LogP contribution >= 0.6 is 0 Å². The first kappa shape index (κ1) is 15.5. The van der Waals surface area contributed by atoms with Crippen molar-refractivity contribution in [3.05, 3.63) is 35.9 Å². The molecular weight excluding hydrogens is 272 g/mol. The normalized spacial score (nSPS) is 21.0. The van der Waals surface area contributed by atoms with Gasteiger partial charge in [0.2, 0.25) is 0 Å². The molecule has 3 N–H and O–H groups in total. The first-order chi connectivity index (χ1) is 10.1. The highest BCUT2D eigenvalue weighted by Gasteiger charge is 2.33. The van der Waals surface area contributed by atoms with Crippen molar-refractivity contribution in [2.24, 2.45) is 0 Å². The second-order valence-corrected chi connectivity index (χ2v) is 5.20. The van der Waals surface area contributed by atoms with E-state index in [9.17, 15) is 14.7 Å². The maximum atomic E-state index is 11.6. The van der Waals surface area contributed by atoms with Crippen LogP contribution in [0.25, 0.3) is 0 Å². The summed E-state index contributed by atoms with van der Waals surface area (Å²) in [6, 6.07) is 9.69. The van der Waals surface area contributed by atoms with Crippen LogP contribution in [-0.2, 0) is 20.7 Å². The second kappa shape index (κ2) is 7.19. The third kappa shape index (κ3) is 4.84. The van der Waals surface area contributed by atoms with Crippen LogP contribution in [0.4, 0.5) is 0 Å². The van der Waals surface area contributed by atoms with E-state index in [2.05, 4.69) is 10.6 Å². The molecule has 0 saturated carbocycles. The van der Waals surface area contributed by atoms with E-state index in [1.165, 1.54) is 0 Å². The van der Waals surface area contributed by atoms with Crippen LogP contribution in [-0.4, -0.2) is 48.8 Å². The topological polar surface area (TPSA) is 87.7 Å². The summed E-state index contributed by atoms with van der Waals surface area (Å²) in [7, 11) is 0. The standard InChI is InChI=1S/C15H20N2O4/c18-13(16-8-6-12-4-2-1-3-5-12)14(19)17-10-15(20)7-9-21-11-15/h1-5,20H,6-11H2,(H,16,18)(H,17,19). The van der Waals surface area contributed by atoms with Gasteiger partial charge < -0.3 is 20.5 Å². The number of amides is 2. The molecule has 1 atom stereocenters. The van der Waals surface area contributed by atoms with Gasteiger partial charge in [-0.1, -0.05) is 30.3 Å². The molecular formula is C15H20N2O4. The van der Waals surface area contributed by atoms with Crippen molar-refractivity contribution >= 4 is 11.8 Å². The summed E-state index contributed by atoms with van der Waals surface area (Å²) >= 11 is 0. The Morgan fingerprint density at radius 1 is 1.19 bits per heavy atom. The Bertz CT molecular complexity index is 484. The van der Waals surface area contributed by atoms with E-state index in [-0.39, 0.29) is 13.2 Å². The Balaban J connectivity index is 1.67. The summed E-state index contributed by atoms with van der Waals surface area (Å²) in [6.07, 6.45) is 1.13. The minimum atomic E-state index is -1.06. The molecule has 6 heteroatoms. The number of carbonyl (C=O) groups is 2. The van der Waals surface area contributed by atoms with Crippen molar-refractivity contribution in [2.45, 2.75) is 18.4 Å². The molecule has 0 spiro atoms. The van der Waals surface area contributed by atoms with Gasteiger partial charge >= 0.3 is 11.8 Å². The molecule has 2 rings (SSSR count). The summed E-state index contributed by atoms with van der Waals surface area (Å²) in [5, 5.41) is 15.0. The maximum Gasteiger partial charge on any atom is 0.309 e. The summed E-state index contributed by atoms with van der Waals surface area (Å²) in [4.78, 5) is 23.2. The number of hydrogen-bond acceptors (Lipinski definition) is 4. The van der Waals surface area contributed by atoms with Crippen LogP contribution in [0.3, 0.4) is 0 Å². The number of rotatable bonds is 5. The van der Waals surface area contributed by atoms with E-state index in [0.717, 1.165) is 5.56 Å². The molecule has 6 nitrogen and oxygen atoms in total. The zero-order valence-electron chi connectivity index (χ0n) is 11.8. The summed E-state index contributed by atoms with van der Waals surface area (Å²) in [6.45, 7) is 1.07. The molecule has 1 aliphatic heterocycles. The molecule has 1 aliphatic rings. The van der Waals surface area contributed by atoms with Gasteiger partial charge in [0.25, 0.3) is 0 Å². The van der Waals surface area contributed by atoms with Crippen LogP contribution in [0.1, 0.15) is 12.0 Å². The molecule has 0 aliphatic carbocycles. The molecule has 1 heterocycles. The van der Waals surface area contributed by atoms with Crippen LogP contribution in [0.2, 0.25) is 0 Å². The van der Waals surface area contributed by atoms with Gasteiger partial charge in [0.1, 0.15) is 5.60 Å². The third-order valence-corrected chi connectivity index (χ3v) is 3.41. The summed E-state index contributed by atoms with van der Waals surface area (Å²) < 4.78 is 5.06. The average Bonchev–Trinajstić information content (AvgIpc) is 2.93. The SMILES string of the molecule is O=C(NCCc1ccccc1)C(=O)NCC1(O)CCOC1. The summed E-state index contributed by atoms with van der Waals surface area (Å²) in [5.41, 5.74) is 0.0376. The van der Waals surface area contributed by atoms with Crippen molar-refractivity contribution in [3.8, 4) is 0 Å². The van der Waals surface area contributed by atoms with Gasteiger partial charge in [-0.25, -0.2) is 0 Å². The Labute approximate surface area is 123 Å². The van der Waals surface area contributed by atoms with Crippen LogP contribution < -0.4 is 10.6 Å². The van der Waals surface area contributed by atoms with Crippen molar-refractivity contribution in [1.82, 2.24) is 10.6 Å². The van der Waals surface area contributed by atoms with Crippen molar-refractivity contribution < 1.29 is 19.4 Å². The lowest BCUT2D eigenvalue weighted by molar-refractivity contribution is -0.139. The highest BCUT2D eigenvalue weighted by Crippen LogP contribution is 2.16. The Hall–Kier alpha value is -1.92. The van der Waals surface area contributed by atoms with Crippen molar-refractivity contribution in [2.75, 3.05) is 26.3 Å². The molecule has 1 aromatic carbocycles. The molecule has 21 heavy (non-hydrogen) atoms. The predicted octanol–water partition coefficient (Wildman–Crippen LogP) is -0.387. The van der Waals surface area contributed by atoms with Crippen LogP contribution in [0, 0.1) is 0 Å². The lowest BCUT2D eigenvalue weighted by atomic mass is 10.0. The Kier molecular flexibility index (Phi) is 5.30. The van der Waals surface area contributed by atoms with Crippen molar-refractivity contribution in [3.63, 3.8) is 0 Å². The van der Waals surface area contributed by atoms with E-state index in [1.807, 2.05) is 30.3 Å². The van der Waals surface area contributed by atoms with E-state index < -0.39 is 17.4 Å². The molecule has 0 radical (unpaired) electrons. The smallest absolute Gasteiger partial charge is 0.309 e. The molecule has 1 aromatic rings. The van der Waals surface area contributed by atoms with E-state index >= 15 is 0 Å². The predicted molar refractivity (Wildman–Crippen MR) is 76.6 cm³/mol. The number of carbonyl (C=O) groups excluding carboxylic acids is 2. The number of benzene rings is 1. The van der Waals surface area contributed by atoms with Gasteiger partial charge in [0.05, 0.1) is 6.61 Å². The zero-order chi connectivity index (χ0) is 15.1. The molecule has 0 aromatic heterocycles. The van der Waals surface area contributed by atoms with E-state index in [1.54, 1.807) is 0 Å². The van der Waals surface area contributed by atoms with Gasteiger partial charge in [0, 0.05) is 26.1 Å². The third-order valence-electron chi connectivity index (χ3n) is 3.41. The van der Waals surface area contributed by atoms with Gasteiger partial charge in [-0.2, -0.15) is 0 Å². The lowest BCUT2D eigenvalue weighted by Crippen LogP contribution is -2.48. The minimum Gasteiger partial charge on any atom is -0.386 e. The molecule has 0 bridgehead atoms. The largest absolute Gasteiger partial charge is 0.386 e. The zero-order valence-corrected chi connectivity index (χ0v) is 11.8. The molecule has 1 saturated heterocycles. The number of aliphatic hydroxyl groups is 1. The Morgan fingerprint density at radius 3 is 2.57 bits per heavy atom. The second-order valence-electron chi connectivity index (χ2n) is 5.20. The van der Waals surface area contributed by atoms with Crippen LogP contribution in [0.5, 0.6) is 0 Å². The van der Waals surface area contributed by atoms with Gasteiger partial charge in [0.15, 0.2) is 0 Å². The van der Waals surface area contributed by atoms with E-state index in [0.29, 0.717) is 26.0 Å². The fourth-order valence-corrected chi connectivity index (χ4v) is 2.11. The highest BCUT2D eigenvalue weighted by atomic mass is 16.5. The first-order valence-electron chi connectivity index (χ1n) is 6.99. The molecule has 2 amide bonds. The lowest BCUT2D eigenvalue weighted by Gasteiger charge is -2.20. The Morgan fingerprint density at radius 2 is 1.90 bits per heavy atom. The van der Waals surface area contributed by atoms with Crippen LogP contribution in [0.15, 0.2) is 30.3 Å². The number of hydrogen-bond donors (Lipinski definition) is 3. The number of ether oxygens (including phenoxy) is 1. The fraction of sp³-hybridized carbons (Fsp3) is 0.467. The fourth-order valence-electron chi connectivity index (χ4n) is 2.11. The quantitative estimate of drug-likeness (QED) is 0.645. The van der Waals surface area contributed by atoms with Gasteiger partial charge in [-0.05, 0) is 12.0 Å². The molecule has 1 fully saturated rings.